The number of benzene rings is 2. The van der Waals surface area contributed by atoms with Crippen molar-refractivity contribution in [1.29, 1.82) is 0 Å². The number of halogens is 1. The molecule has 2 aromatic carbocycles. The van der Waals surface area contributed by atoms with Crippen molar-refractivity contribution in [2.75, 3.05) is 30.3 Å². The number of hydrogen-bond donors (Lipinski definition) is 2. The summed E-state index contributed by atoms with van der Waals surface area (Å²) in [6.45, 7) is 6.68. The van der Waals surface area contributed by atoms with Gasteiger partial charge in [0, 0.05) is 24.5 Å². The van der Waals surface area contributed by atoms with Gasteiger partial charge in [0.25, 0.3) is 0 Å². The van der Waals surface area contributed by atoms with Gasteiger partial charge in [0.2, 0.25) is 0 Å². The molecule has 0 saturated heterocycles. The van der Waals surface area contributed by atoms with Crippen LogP contribution in [0.2, 0.25) is 0 Å². The fourth-order valence-corrected chi connectivity index (χ4v) is 2.06. The van der Waals surface area contributed by atoms with Gasteiger partial charge in [-0.15, -0.1) is 0 Å². The van der Waals surface area contributed by atoms with Crippen molar-refractivity contribution >= 4 is 11.4 Å². The summed E-state index contributed by atoms with van der Waals surface area (Å²) in [5.74, 6) is 1.34. The summed E-state index contributed by atoms with van der Waals surface area (Å²) >= 11 is 0. The fraction of sp³-hybridized carbons (Fsp3) is 0.368. The first-order chi connectivity index (χ1) is 11.1. The molecule has 0 aliphatic rings. The maximum atomic E-state index is 12.8. The lowest BCUT2D eigenvalue weighted by molar-refractivity contribution is 0.289. The third-order valence-corrected chi connectivity index (χ3v) is 3.45. The first-order valence-electron chi connectivity index (χ1n) is 8.09. The minimum atomic E-state index is -0.218. The molecule has 2 N–H and O–H groups in total. The highest BCUT2D eigenvalue weighted by molar-refractivity contribution is 5.47. The second-order valence-corrected chi connectivity index (χ2v) is 5.92. The van der Waals surface area contributed by atoms with Crippen LogP contribution in [0, 0.1) is 11.7 Å². The Morgan fingerprint density at radius 1 is 0.870 bits per heavy atom. The molecule has 0 amide bonds. The highest BCUT2D eigenvalue weighted by atomic mass is 19.1. The normalized spacial score (nSPS) is 10.6. The smallest absolute Gasteiger partial charge is 0.123 e. The van der Waals surface area contributed by atoms with E-state index in [1.807, 2.05) is 24.3 Å². The van der Waals surface area contributed by atoms with Crippen molar-refractivity contribution in [3.05, 3.63) is 54.3 Å². The first kappa shape index (κ1) is 17.1. The molecule has 0 aromatic heterocycles. The molecule has 124 valence electrons. The summed E-state index contributed by atoms with van der Waals surface area (Å²) in [7, 11) is 0. The lowest BCUT2D eigenvalue weighted by atomic mass is 10.1. The van der Waals surface area contributed by atoms with Crippen LogP contribution in [-0.4, -0.2) is 19.7 Å². The Kier molecular flexibility index (Phi) is 6.73. The maximum Gasteiger partial charge on any atom is 0.123 e. The van der Waals surface area contributed by atoms with Crippen LogP contribution in [0.5, 0.6) is 5.75 Å². The third-order valence-electron chi connectivity index (χ3n) is 3.45. The van der Waals surface area contributed by atoms with Crippen LogP contribution in [-0.2, 0) is 0 Å². The lowest BCUT2D eigenvalue weighted by Gasteiger charge is -2.11. The van der Waals surface area contributed by atoms with E-state index in [9.17, 15) is 4.39 Å². The molecule has 0 heterocycles. The Hall–Kier alpha value is -2.23. The molecule has 0 bridgehead atoms. The Morgan fingerprint density at radius 2 is 1.39 bits per heavy atom. The zero-order valence-electron chi connectivity index (χ0n) is 13.8. The Balaban J connectivity index is 1.66. The first-order valence-corrected chi connectivity index (χ1v) is 8.09. The number of hydrogen-bond acceptors (Lipinski definition) is 3. The van der Waals surface area contributed by atoms with Gasteiger partial charge in [0.05, 0.1) is 6.61 Å². The minimum Gasteiger partial charge on any atom is -0.494 e. The fourth-order valence-electron chi connectivity index (χ4n) is 2.06. The molecule has 0 spiro atoms. The van der Waals surface area contributed by atoms with Crippen molar-refractivity contribution < 1.29 is 9.13 Å². The molecule has 0 radical (unpaired) electrons. The lowest BCUT2D eigenvalue weighted by Crippen LogP contribution is -2.13. The van der Waals surface area contributed by atoms with Crippen LogP contribution in [0.1, 0.15) is 20.3 Å². The summed E-state index contributed by atoms with van der Waals surface area (Å²) in [6.07, 6.45) is 1.06. The van der Waals surface area contributed by atoms with Crippen molar-refractivity contribution in [3.63, 3.8) is 0 Å². The number of anilines is 2. The summed E-state index contributed by atoms with van der Waals surface area (Å²) in [5, 5.41) is 6.57. The van der Waals surface area contributed by atoms with Crippen LogP contribution in [0.4, 0.5) is 15.8 Å². The maximum absolute atomic E-state index is 12.8. The third kappa shape index (κ3) is 6.59. The number of nitrogens with one attached hydrogen (secondary N) is 2. The molecule has 0 aliphatic heterocycles. The highest BCUT2D eigenvalue weighted by Gasteiger charge is 1.98. The van der Waals surface area contributed by atoms with Gasteiger partial charge in [0.1, 0.15) is 11.6 Å². The van der Waals surface area contributed by atoms with Gasteiger partial charge in [0.15, 0.2) is 0 Å². The van der Waals surface area contributed by atoms with Crippen molar-refractivity contribution in [2.45, 2.75) is 20.3 Å². The second kappa shape index (κ2) is 9.03. The zero-order valence-corrected chi connectivity index (χ0v) is 13.8. The highest BCUT2D eigenvalue weighted by Crippen LogP contribution is 2.16. The second-order valence-electron chi connectivity index (χ2n) is 5.92. The van der Waals surface area contributed by atoms with E-state index < -0.39 is 0 Å². The van der Waals surface area contributed by atoms with Crippen molar-refractivity contribution in [2.24, 2.45) is 5.92 Å². The molecular weight excluding hydrogens is 291 g/mol. The van der Waals surface area contributed by atoms with E-state index in [1.54, 1.807) is 12.1 Å². The predicted octanol–water partition coefficient (Wildman–Crippen LogP) is 4.77. The van der Waals surface area contributed by atoms with E-state index in [2.05, 4.69) is 24.5 Å². The Bertz CT molecular complexity index is 567. The quantitative estimate of drug-likeness (QED) is 0.654. The topological polar surface area (TPSA) is 33.3 Å². The summed E-state index contributed by atoms with van der Waals surface area (Å²) in [6, 6.07) is 14.4. The molecule has 0 fully saturated rings. The van der Waals surface area contributed by atoms with E-state index in [0.29, 0.717) is 5.92 Å². The van der Waals surface area contributed by atoms with E-state index in [0.717, 1.165) is 43.2 Å². The van der Waals surface area contributed by atoms with Crippen LogP contribution < -0.4 is 15.4 Å². The van der Waals surface area contributed by atoms with Crippen molar-refractivity contribution in [3.8, 4) is 5.75 Å². The zero-order chi connectivity index (χ0) is 16.5. The molecule has 2 rings (SSSR count). The summed E-state index contributed by atoms with van der Waals surface area (Å²) < 4.78 is 18.5. The Labute approximate surface area is 137 Å². The molecule has 0 saturated carbocycles. The standard InChI is InChI=1S/C19H25FN2O/c1-15(2)11-14-23-19-9-7-18(8-10-19)22-13-12-21-17-5-3-16(20)4-6-17/h3-10,15,21-22H,11-14H2,1-2H3. The SMILES string of the molecule is CC(C)CCOc1ccc(NCCNc2ccc(F)cc2)cc1. The number of rotatable bonds is 9. The van der Waals surface area contributed by atoms with E-state index in [1.165, 1.54) is 12.1 Å². The molecule has 2 aromatic rings. The van der Waals surface area contributed by atoms with E-state index in [-0.39, 0.29) is 5.82 Å². The molecule has 23 heavy (non-hydrogen) atoms. The average molecular weight is 316 g/mol. The van der Waals surface area contributed by atoms with E-state index in [4.69, 9.17) is 4.74 Å². The van der Waals surface area contributed by atoms with Crippen LogP contribution in [0.15, 0.2) is 48.5 Å². The number of ether oxygens (including phenoxy) is 1. The van der Waals surface area contributed by atoms with Crippen LogP contribution in [0.25, 0.3) is 0 Å². The summed E-state index contributed by atoms with van der Waals surface area (Å²) in [5.41, 5.74) is 1.98. The molecular formula is C19H25FN2O. The Morgan fingerprint density at radius 3 is 1.91 bits per heavy atom. The minimum absolute atomic E-state index is 0.218. The van der Waals surface area contributed by atoms with Gasteiger partial charge in [-0.25, -0.2) is 4.39 Å². The van der Waals surface area contributed by atoms with Crippen LogP contribution in [0.3, 0.4) is 0 Å². The monoisotopic (exact) mass is 316 g/mol. The van der Waals surface area contributed by atoms with Gasteiger partial charge >= 0.3 is 0 Å². The molecule has 4 heteroatoms. The molecule has 0 unspecified atom stereocenters. The summed E-state index contributed by atoms with van der Waals surface area (Å²) in [4.78, 5) is 0. The molecule has 3 nitrogen and oxygen atoms in total. The largest absolute Gasteiger partial charge is 0.494 e. The van der Waals surface area contributed by atoms with Gasteiger partial charge in [-0.2, -0.15) is 0 Å². The molecule has 0 atom stereocenters. The molecule has 0 aliphatic carbocycles. The van der Waals surface area contributed by atoms with Gasteiger partial charge in [-0.05, 0) is 60.9 Å². The van der Waals surface area contributed by atoms with Crippen molar-refractivity contribution in [1.82, 2.24) is 0 Å². The average Bonchev–Trinajstić information content (AvgIpc) is 2.54. The predicted molar refractivity (Wildman–Crippen MR) is 94.8 cm³/mol. The van der Waals surface area contributed by atoms with Gasteiger partial charge in [-0.3, -0.25) is 0 Å². The van der Waals surface area contributed by atoms with Crippen LogP contribution >= 0.6 is 0 Å². The van der Waals surface area contributed by atoms with Gasteiger partial charge in [-0.1, -0.05) is 13.8 Å². The van der Waals surface area contributed by atoms with E-state index >= 15 is 0 Å². The van der Waals surface area contributed by atoms with Gasteiger partial charge < -0.3 is 15.4 Å².